The van der Waals surface area contributed by atoms with E-state index in [1.807, 2.05) is 25.1 Å². The normalized spacial score (nSPS) is 17.8. The summed E-state index contributed by atoms with van der Waals surface area (Å²) in [7, 11) is 3.69. The molecule has 11 heteroatoms. The molecule has 1 aliphatic carbocycles. The molecule has 1 unspecified atom stereocenters. The van der Waals surface area contributed by atoms with Crippen LogP contribution in [0.4, 0.5) is 23.7 Å². The maximum absolute atomic E-state index is 14.1. The highest BCUT2D eigenvalue weighted by atomic mass is 19.4. The van der Waals surface area contributed by atoms with Crippen LogP contribution in [0.2, 0.25) is 0 Å². The number of carbonyl (C=O) groups excluding carboxylic acids is 3. The molecule has 0 aromatic heterocycles. The number of halogens is 3. The third kappa shape index (κ3) is 5.96. The van der Waals surface area contributed by atoms with Gasteiger partial charge in [0, 0.05) is 30.8 Å². The number of Topliss-reactive ketones (excluding diaryl/α,β-unsaturated/α-hetero) is 1. The molecule has 1 heterocycles. The Morgan fingerprint density at radius 1 is 1.13 bits per heavy atom. The molecule has 4 rings (SSSR count). The molecule has 1 atom stereocenters. The molecule has 2 aromatic rings. The zero-order valence-electron chi connectivity index (χ0n) is 21.6. The first-order valence-electron chi connectivity index (χ1n) is 12.5. The summed E-state index contributed by atoms with van der Waals surface area (Å²) in [5.74, 6) is -0.715. The van der Waals surface area contributed by atoms with Gasteiger partial charge in [0.2, 0.25) is 5.91 Å². The molecule has 0 fully saturated rings. The number of alkyl halides is 3. The van der Waals surface area contributed by atoms with E-state index in [9.17, 15) is 32.8 Å². The highest BCUT2D eigenvalue weighted by Crippen LogP contribution is 2.44. The predicted octanol–water partition coefficient (Wildman–Crippen LogP) is 4.25. The van der Waals surface area contributed by atoms with Crippen molar-refractivity contribution < 1.29 is 27.6 Å². The van der Waals surface area contributed by atoms with Crippen LogP contribution in [0.15, 0.2) is 59.8 Å². The summed E-state index contributed by atoms with van der Waals surface area (Å²) < 4.78 is 40.6. The Labute approximate surface area is 224 Å². The van der Waals surface area contributed by atoms with Crippen molar-refractivity contribution in [2.45, 2.75) is 31.5 Å². The van der Waals surface area contributed by atoms with Gasteiger partial charge in [-0.15, -0.1) is 0 Å². The van der Waals surface area contributed by atoms with Gasteiger partial charge in [0.25, 0.3) is 0 Å². The second-order valence-corrected chi connectivity index (χ2v) is 9.72. The Morgan fingerprint density at radius 3 is 2.49 bits per heavy atom. The van der Waals surface area contributed by atoms with Gasteiger partial charge in [-0.2, -0.15) is 18.4 Å². The van der Waals surface area contributed by atoms with Crippen molar-refractivity contribution in [1.29, 1.82) is 5.26 Å². The summed E-state index contributed by atoms with van der Waals surface area (Å²) >= 11 is 0. The van der Waals surface area contributed by atoms with Gasteiger partial charge < -0.3 is 15.1 Å². The zero-order chi connectivity index (χ0) is 28.3. The van der Waals surface area contributed by atoms with Crippen LogP contribution in [0.5, 0.6) is 0 Å². The van der Waals surface area contributed by atoms with Gasteiger partial charge in [0.15, 0.2) is 5.78 Å². The number of hydrogen-bond donors (Lipinski definition) is 1. The van der Waals surface area contributed by atoms with Crippen LogP contribution in [0.1, 0.15) is 42.0 Å². The van der Waals surface area contributed by atoms with Gasteiger partial charge in [-0.25, -0.2) is 4.79 Å². The molecule has 3 amide bonds. The monoisotopic (exact) mass is 539 g/mol. The maximum Gasteiger partial charge on any atom is 0.416 e. The number of nitrogens with zero attached hydrogens (tertiary/aromatic N) is 4. The molecular weight excluding hydrogens is 511 g/mol. The number of likely N-dealkylation sites (N-methyl/N-ethyl adjacent to an activating group) is 1. The van der Waals surface area contributed by atoms with Crippen molar-refractivity contribution in [3.05, 3.63) is 76.5 Å². The quantitative estimate of drug-likeness (QED) is 0.568. The number of ketones is 1. The lowest BCUT2D eigenvalue weighted by Gasteiger charge is -2.45. The molecule has 0 saturated heterocycles. The minimum atomic E-state index is -4.63. The van der Waals surface area contributed by atoms with Gasteiger partial charge in [0.05, 0.1) is 28.9 Å². The molecule has 1 aliphatic heterocycles. The average Bonchev–Trinajstić information content (AvgIpc) is 2.89. The number of nitrogens with one attached hydrogen (secondary N) is 1. The fraction of sp³-hybridized carbons (Fsp3) is 0.357. The van der Waals surface area contributed by atoms with Gasteiger partial charge >= 0.3 is 12.2 Å². The first-order valence-corrected chi connectivity index (χ1v) is 12.5. The SMILES string of the molecule is CN(C)CCNC(=O)CN1C(=O)N(c2cccc(C(F)(F)F)c2)C2=C(C(=O)CCC2)C1c1ccc(C#N)cc1. The highest BCUT2D eigenvalue weighted by molar-refractivity contribution is 6.07. The van der Waals surface area contributed by atoms with Crippen LogP contribution in [0.25, 0.3) is 0 Å². The molecule has 8 nitrogen and oxygen atoms in total. The Balaban J connectivity index is 1.84. The first-order chi connectivity index (χ1) is 18.5. The van der Waals surface area contributed by atoms with Crippen molar-refractivity contribution in [1.82, 2.24) is 15.1 Å². The van der Waals surface area contributed by atoms with E-state index in [0.29, 0.717) is 42.8 Å². The number of allylic oxidation sites excluding steroid dienone is 1. The fourth-order valence-electron chi connectivity index (χ4n) is 4.86. The molecule has 0 spiro atoms. The second-order valence-electron chi connectivity index (χ2n) is 9.72. The van der Waals surface area contributed by atoms with Crippen LogP contribution in [-0.2, 0) is 15.8 Å². The highest BCUT2D eigenvalue weighted by Gasteiger charge is 2.45. The summed E-state index contributed by atoms with van der Waals surface area (Å²) in [6.07, 6.45) is -3.69. The molecule has 2 aromatic carbocycles. The van der Waals surface area contributed by atoms with Crippen LogP contribution < -0.4 is 10.2 Å². The van der Waals surface area contributed by atoms with E-state index in [4.69, 9.17) is 0 Å². The lowest BCUT2D eigenvalue weighted by molar-refractivity contribution is -0.137. The van der Waals surface area contributed by atoms with Crippen LogP contribution in [0, 0.1) is 11.3 Å². The Hall–Kier alpha value is -4.17. The van der Waals surface area contributed by atoms with Crippen molar-refractivity contribution >= 4 is 23.4 Å². The second kappa shape index (κ2) is 11.3. The van der Waals surface area contributed by atoms with E-state index in [2.05, 4.69) is 5.32 Å². The smallest absolute Gasteiger partial charge is 0.353 e. The standard InChI is InChI=1S/C28H28F3N5O3/c1-34(2)14-13-33-24(38)17-35-26(19-11-9-18(16-32)10-12-19)25-22(7-4-8-23(25)37)36(27(35)39)21-6-3-5-20(15-21)28(29,30)31/h3,5-6,9-12,15,26H,4,7-8,13-14,17H2,1-2H3,(H,33,38). The molecule has 39 heavy (non-hydrogen) atoms. The van der Waals surface area contributed by atoms with E-state index in [1.54, 1.807) is 24.3 Å². The van der Waals surface area contributed by atoms with Gasteiger partial charge in [-0.3, -0.25) is 14.5 Å². The lowest BCUT2D eigenvalue weighted by atomic mass is 9.83. The number of urea groups is 1. The third-order valence-electron chi connectivity index (χ3n) is 6.70. The molecule has 0 saturated carbocycles. The zero-order valence-corrected chi connectivity index (χ0v) is 21.6. The summed E-state index contributed by atoms with van der Waals surface area (Å²) in [6, 6.07) is 11.1. The summed E-state index contributed by atoms with van der Waals surface area (Å²) in [6.45, 7) is 0.457. The molecular formula is C28H28F3N5O3. The van der Waals surface area contributed by atoms with E-state index >= 15 is 0 Å². The third-order valence-corrected chi connectivity index (χ3v) is 6.70. The number of anilines is 1. The summed E-state index contributed by atoms with van der Waals surface area (Å²) in [5, 5.41) is 12.0. The summed E-state index contributed by atoms with van der Waals surface area (Å²) in [4.78, 5) is 44.6. The lowest BCUT2D eigenvalue weighted by Crippen LogP contribution is -2.54. The van der Waals surface area contributed by atoms with Crippen molar-refractivity contribution in [3.63, 3.8) is 0 Å². The number of amides is 3. The van der Waals surface area contributed by atoms with Crippen molar-refractivity contribution in [2.75, 3.05) is 38.6 Å². The average molecular weight is 540 g/mol. The van der Waals surface area contributed by atoms with E-state index in [0.717, 1.165) is 17.0 Å². The molecule has 2 aliphatic rings. The Bertz CT molecular complexity index is 1350. The molecule has 204 valence electrons. The predicted molar refractivity (Wildman–Crippen MR) is 137 cm³/mol. The molecule has 0 bridgehead atoms. The van der Waals surface area contributed by atoms with E-state index in [-0.39, 0.29) is 23.5 Å². The Kier molecular flexibility index (Phi) is 8.06. The Morgan fingerprint density at radius 2 is 1.85 bits per heavy atom. The number of benzene rings is 2. The van der Waals surface area contributed by atoms with Crippen LogP contribution >= 0.6 is 0 Å². The minimum absolute atomic E-state index is 0.0340. The molecule has 0 radical (unpaired) electrons. The van der Waals surface area contributed by atoms with Crippen LogP contribution in [-0.4, -0.2) is 61.3 Å². The van der Waals surface area contributed by atoms with Gasteiger partial charge in [0.1, 0.15) is 6.54 Å². The van der Waals surface area contributed by atoms with Crippen molar-refractivity contribution in [3.8, 4) is 6.07 Å². The fourth-order valence-corrected chi connectivity index (χ4v) is 4.86. The van der Waals surface area contributed by atoms with E-state index < -0.39 is 36.3 Å². The molecule has 1 N–H and O–H groups in total. The largest absolute Gasteiger partial charge is 0.416 e. The first kappa shape index (κ1) is 27.9. The van der Waals surface area contributed by atoms with Crippen LogP contribution in [0.3, 0.4) is 0 Å². The van der Waals surface area contributed by atoms with E-state index in [1.165, 1.54) is 17.0 Å². The summed E-state index contributed by atoms with van der Waals surface area (Å²) in [5.41, 5.74) is 0.532. The number of hydrogen-bond acceptors (Lipinski definition) is 5. The number of carbonyl (C=O) groups is 3. The number of nitriles is 1. The topological polar surface area (TPSA) is 96.8 Å². The number of rotatable bonds is 7. The van der Waals surface area contributed by atoms with Gasteiger partial charge in [-0.05, 0) is 62.8 Å². The maximum atomic E-state index is 14.1. The van der Waals surface area contributed by atoms with Crippen molar-refractivity contribution in [2.24, 2.45) is 0 Å². The van der Waals surface area contributed by atoms with Gasteiger partial charge in [-0.1, -0.05) is 18.2 Å². The minimum Gasteiger partial charge on any atom is -0.353 e.